The van der Waals surface area contributed by atoms with Crippen LogP contribution in [0.15, 0.2) is 40.2 Å². The summed E-state index contributed by atoms with van der Waals surface area (Å²) >= 11 is 0. The van der Waals surface area contributed by atoms with E-state index in [-0.39, 0.29) is 46.0 Å². The van der Waals surface area contributed by atoms with Crippen LogP contribution in [-0.4, -0.2) is 52.1 Å². The minimum atomic E-state index is -0.565. The SMILES string of the molecule is CCN(CC)c1ccc(C2=C(O)C(=C3C(=O)N(C(C)(C)C)N=C3CCC3CCCC3)C2=O)c(NC(=O)C2CCCC2)c1. The lowest BCUT2D eigenvalue weighted by Gasteiger charge is -2.29. The Morgan fingerprint density at radius 2 is 1.64 bits per heavy atom. The number of amides is 2. The monoisotopic (exact) mass is 574 g/mol. The summed E-state index contributed by atoms with van der Waals surface area (Å²) < 4.78 is 0. The van der Waals surface area contributed by atoms with Gasteiger partial charge in [0.05, 0.1) is 33.7 Å². The second-order valence-electron chi connectivity index (χ2n) is 13.2. The number of carbonyl (C=O) groups is 3. The highest BCUT2D eigenvalue weighted by atomic mass is 16.3. The number of anilines is 2. The number of benzene rings is 1. The van der Waals surface area contributed by atoms with Crippen molar-refractivity contribution in [2.24, 2.45) is 16.9 Å². The van der Waals surface area contributed by atoms with Crippen molar-refractivity contribution < 1.29 is 19.5 Å². The maximum atomic E-state index is 13.9. The van der Waals surface area contributed by atoms with Crippen LogP contribution in [0.4, 0.5) is 11.4 Å². The maximum absolute atomic E-state index is 13.9. The minimum absolute atomic E-state index is 0.0489. The van der Waals surface area contributed by atoms with E-state index < -0.39 is 5.54 Å². The van der Waals surface area contributed by atoms with Crippen LogP contribution in [0.1, 0.15) is 104 Å². The van der Waals surface area contributed by atoms with Gasteiger partial charge in [-0.3, -0.25) is 14.4 Å². The zero-order valence-electron chi connectivity index (χ0n) is 25.9. The van der Waals surface area contributed by atoms with Gasteiger partial charge >= 0.3 is 0 Å². The van der Waals surface area contributed by atoms with Crippen LogP contribution in [0.5, 0.6) is 0 Å². The summed E-state index contributed by atoms with van der Waals surface area (Å²) in [5, 5.41) is 20.7. The fraction of sp³-hybridized carbons (Fsp3) is 0.588. The first kappa shape index (κ1) is 30.1. The third kappa shape index (κ3) is 5.64. The molecule has 0 atom stereocenters. The summed E-state index contributed by atoms with van der Waals surface area (Å²) in [6.45, 7) is 11.5. The zero-order chi connectivity index (χ0) is 30.2. The Morgan fingerprint density at radius 3 is 2.24 bits per heavy atom. The van der Waals surface area contributed by atoms with E-state index in [4.69, 9.17) is 5.10 Å². The first-order chi connectivity index (χ1) is 20.0. The summed E-state index contributed by atoms with van der Waals surface area (Å²) in [5.74, 6) is -0.421. The van der Waals surface area contributed by atoms with Crippen LogP contribution in [0.25, 0.3) is 5.57 Å². The lowest BCUT2D eigenvalue weighted by molar-refractivity contribution is -0.130. The van der Waals surface area contributed by atoms with E-state index in [2.05, 4.69) is 24.1 Å². The van der Waals surface area contributed by atoms with Gasteiger partial charge in [-0.1, -0.05) is 38.5 Å². The van der Waals surface area contributed by atoms with Crippen LogP contribution in [0, 0.1) is 11.8 Å². The maximum Gasteiger partial charge on any atom is 0.277 e. The van der Waals surface area contributed by atoms with Gasteiger partial charge in [0.1, 0.15) is 5.76 Å². The number of ketones is 1. The molecular formula is C34H46N4O4. The third-order valence-corrected chi connectivity index (χ3v) is 9.38. The number of aliphatic hydroxyl groups excluding tert-OH is 1. The van der Waals surface area contributed by atoms with Gasteiger partial charge in [-0.15, -0.1) is 0 Å². The Kier molecular flexibility index (Phi) is 8.63. The van der Waals surface area contributed by atoms with Gasteiger partial charge in [0.15, 0.2) is 0 Å². The molecule has 0 aromatic heterocycles. The van der Waals surface area contributed by atoms with Crippen LogP contribution >= 0.6 is 0 Å². The van der Waals surface area contributed by atoms with Crippen molar-refractivity contribution in [1.29, 1.82) is 0 Å². The second kappa shape index (κ2) is 12.1. The molecular weight excluding hydrogens is 528 g/mol. The number of aliphatic hydroxyl groups is 1. The molecule has 1 aromatic rings. The fourth-order valence-corrected chi connectivity index (χ4v) is 6.91. The number of allylic oxidation sites excluding steroid dienone is 2. The van der Waals surface area contributed by atoms with Gasteiger partial charge in [-0.25, -0.2) is 5.01 Å². The number of hydrogen-bond donors (Lipinski definition) is 2. The van der Waals surface area contributed by atoms with Gasteiger partial charge in [-0.05, 0) is 84.4 Å². The average Bonchev–Trinajstić information content (AvgIpc) is 3.72. The van der Waals surface area contributed by atoms with E-state index in [0.717, 1.165) is 50.9 Å². The van der Waals surface area contributed by atoms with E-state index in [1.54, 1.807) is 6.07 Å². The fourth-order valence-electron chi connectivity index (χ4n) is 6.91. The van der Waals surface area contributed by atoms with Crippen LogP contribution in [-0.2, 0) is 14.4 Å². The molecule has 2 fully saturated rings. The Balaban J connectivity index is 1.53. The molecule has 0 radical (unpaired) electrons. The number of Topliss-reactive ketones (excluding diaryl/α,β-unsaturated/α-hetero) is 1. The van der Waals surface area contributed by atoms with Gasteiger partial charge in [0.2, 0.25) is 11.7 Å². The van der Waals surface area contributed by atoms with E-state index in [1.807, 2.05) is 32.9 Å². The first-order valence-electron chi connectivity index (χ1n) is 15.9. The molecule has 42 heavy (non-hydrogen) atoms. The first-order valence-corrected chi connectivity index (χ1v) is 15.9. The van der Waals surface area contributed by atoms with E-state index >= 15 is 0 Å². The van der Waals surface area contributed by atoms with Gasteiger partial charge in [0.25, 0.3) is 5.91 Å². The van der Waals surface area contributed by atoms with Gasteiger partial charge in [-0.2, -0.15) is 5.10 Å². The summed E-state index contributed by atoms with van der Waals surface area (Å²) in [6.07, 6.45) is 10.1. The molecule has 1 heterocycles. The summed E-state index contributed by atoms with van der Waals surface area (Å²) in [5.41, 5.74) is 2.36. The van der Waals surface area contributed by atoms with Crippen molar-refractivity contribution in [3.05, 3.63) is 40.7 Å². The van der Waals surface area contributed by atoms with Crippen molar-refractivity contribution in [3.63, 3.8) is 0 Å². The Morgan fingerprint density at radius 1 is 1.00 bits per heavy atom. The molecule has 8 nitrogen and oxygen atoms in total. The van der Waals surface area contributed by atoms with Crippen LogP contribution in [0.2, 0.25) is 0 Å². The largest absolute Gasteiger partial charge is 0.506 e. The van der Waals surface area contributed by atoms with Crippen molar-refractivity contribution in [2.45, 2.75) is 104 Å². The topological polar surface area (TPSA) is 102 Å². The Hall–Kier alpha value is -3.42. The molecule has 5 rings (SSSR count). The Labute approximate surface area is 249 Å². The second-order valence-corrected chi connectivity index (χ2v) is 13.2. The quantitative estimate of drug-likeness (QED) is 0.317. The summed E-state index contributed by atoms with van der Waals surface area (Å²) in [6, 6.07) is 5.61. The molecule has 0 unspecified atom stereocenters. The summed E-state index contributed by atoms with van der Waals surface area (Å²) in [4.78, 5) is 42.9. The highest BCUT2D eigenvalue weighted by molar-refractivity contribution is 6.44. The normalized spacial score (nSPS) is 21.8. The molecule has 2 saturated carbocycles. The molecule has 2 amide bonds. The van der Waals surface area contributed by atoms with Crippen LogP contribution < -0.4 is 10.2 Å². The summed E-state index contributed by atoms with van der Waals surface area (Å²) in [7, 11) is 0. The molecule has 8 heteroatoms. The molecule has 1 aromatic carbocycles. The number of carbonyl (C=O) groups excluding carboxylic acids is 3. The third-order valence-electron chi connectivity index (χ3n) is 9.38. The highest BCUT2D eigenvalue weighted by Crippen LogP contribution is 2.44. The predicted molar refractivity (Wildman–Crippen MR) is 167 cm³/mol. The predicted octanol–water partition coefficient (Wildman–Crippen LogP) is 6.78. The van der Waals surface area contributed by atoms with E-state index in [9.17, 15) is 19.5 Å². The molecule has 226 valence electrons. The van der Waals surface area contributed by atoms with Crippen molar-refractivity contribution in [1.82, 2.24) is 5.01 Å². The smallest absolute Gasteiger partial charge is 0.277 e. The molecule has 3 aliphatic carbocycles. The van der Waals surface area contributed by atoms with E-state index in [0.29, 0.717) is 29.3 Å². The molecule has 2 N–H and O–H groups in total. The number of nitrogens with zero attached hydrogens (tertiary/aromatic N) is 3. The molecule has 0 spiro atoms. The number of hydrazone groups is 1. The van der Waals surface area contributed by atoms with Crippen LogP contribution in [0.3, 0.4) is 0 Å². The van der Waals surface area contributed by atoms with E-state index in [1.165, 1.54) is 30.7 Å². The average molecular weight is 575 g/mol. The lowest BCUT2D eigenvalue weighted by Crippen LogP contribution is -2.40. The van der Waals surface area contributed by atoms with Crippen molar-refractivity contribution in [2.75, 3.05) is 23.3 Å². The lowest BCUT2D eigenvalue weighted by atomic mass is 9.78. The van der Waals surface area contributed by atoms with Crippen molar-refractivity contribution in [3.8, 4) is 0 Å². The Bertz CT molecular complexity index is 1350. The molecule has 0 saturated heterocycles. The highest BCUT2D eigenvalue weighted by Gasteiger charge is 2.46. The number of rotatable bonds is 9. The number of nitrogens with one attached hydrogen (secondary N) is 1. The number of hydrogen-bond acceptors (Lipinski definition) is 6. The standard InChI is InChI=1S/C34H46N4O4/c1-6-37(7-2)23-17-18-24(26(20-23)35-32(41)22-14-10-11-15-22)27-30(39)29(31(27)40)28-25(19-16-21-12-8-9-13-21)36-38(33(28)42)34(3,4)5/h17-18,20-22,39H,6-16,19H2,1-5H3,(H,35,41). The molecule has 1 aliphatic heterocycles. The van der Waals surface area contributed by atoms with Gasteiger partial charge in [0, 0.05) is 30.3 Å². The minimum Gasteiger partial charge on any atom is -0.506 e. The molecule has 0 bridgehead atoms. The van der Waals surface area contributed by atoms with Crippen molar-refractivity contribution >= 4 is 40.3 Å². The van der Waals surface area contributed by atoms with Gasteiger partial charge < -0.3 is 15.3 Å². The zero-order valence-corrected chi connectivity index (χ0v) is 25.9. The molecule has 4 aliphatic rings.